The van der Waals surface area contributed by atoms with E-state index in [2.05, 4.69) is 6.92 Å². The van der Waals surface area contributed by atoms with Gasteiger partial charge in [0.2, 0.25) is 0 Å². The van der Waals surface area contributed by atoms with Crippen LogP contribution in [-0.4, -0.2) is 35.1 Å². The highest BCUT2D eigenvalue weighted by atomic mass is 16.5. The Labute approximate surface area is 159 Å². The summed E-state index contributed by atoms with van der Waals surface area (Å²) < 4.78 is 18.8. The number of benzene rings is 1. The van der Waals surface area contributed by atoms with E-state index in [4.69, 9.17) is 24.0 Å². The Kier molecular flexibility index (Phi) is 5.25. The molecule has 1 aromatic carbocycles. The zero-order valence-electron chi connectivity index (χ0n) is 15.9. The molecule has 0 aliphatic carbocycles. The second-order valence-corrected chi connectivity index (χ2v) is 6.82. The van der Waals surface area contributed by atoms with E-state index in [9.17, 15) is 0 Å². The predicted molar refractivity (Wildman–Crippen MR) is 103 cm³/mol. The van der Waals surface area contributed by atoms with Crippen LogP contribution in [0.5, 0.6) is 5.75 Å². The molecule has 0 amide bonds. The van der Waals surface area contributed by atoms with Crippen LogP contribution in [-0.2, 0) is 11.3 Å². The molecule has 6 nitrogen and oxygen atoms in total. The minimum Gasteiger partial charge on any atom is -0.497 e. The molecule has 4 rings (SSSR count). The standard InChI is InChI=1S/C21H25N3O3/c1-3-4-12-24-21(22-20(23-24)16-11-13-26-14-16)19-10-9-18(27-19)15-5-7-17(25-2)8-6-15/h5-10,16H,3-4,11-14H2,1-2H3/t16-/m0/s1. The van der Waals surface area contributed by atoms with Crippen LogP contribution in [0.15, 0.2) is 40.8 Å². The molecule has 3 aromatic rings. The van der Waals surface area contributed by atoms with Gasteiger partial charge in [0.1, 0.15) is 11.5 Å². The van der Waals surface area contributed by atoms with E-state index in [-0.39, 0.29) is 5.92 Å². The Morgan fingerprint density at radius 2 is 1.96 bits per heavy atom. The maximum absolute atomic E-state index is 6.13. The minimum absolute atomic E-state index is 0.280. The van der Waals surface area contributed by atoms with Crippen molar-refractivity contribution in [3.63, 3.8) is 0 Å². The molecule has 0 saturated carbocycles. The summed E-state index contributed by atoms with van der Waals surface area (Å²) in [5.74, 6) is 4.32. The van der Waals surface area contributed by atoms with Gasteiger partial charge in [-0.15, -0.1) is 0 Å². The maximum atomic E-state index is 6.13. The summed E-state index contributed by atoms with van der Waals surface area (Å²) in [5.41, 5.74) is 1.01. The fraction of sp³-hybridized carbons (Fsp3) is 0.429. The van der Waals surface area contributed by atoms with Crippen LogP contribution in [0.3, 0.4) is 0 Å². The van der Waals surface area contributed by atoms with Crippen LogP contribution >= 0.6 is 0 Å². The van der Waals surface area contributed by atoms with Crippen LogP contribution in [0, 0.1) is 0 Å². The van der Waals surface area contributed by atoms with Crippen molar-refractivity contribution < 1.29 is 13.9 Å². The lowest BCUT2D eigenvalue weighted by Crippen LogP contribution is -2.04. The lowest BCUT2D eigenvalue weighted by atomic mass is 10.1. The molecule has 3 heterocycles. The highest BCUT2D eigenvalue weighted by molar-refractivity contribution is 5.62. The monoisotopic (exact) mass is 367 g/mol. The molecule has 2 aromatic heterocycles. The third-order valence-electron chi connectivity index (χ3n) is 4.91. The van der Waals surface area contributed by atoms with Crippen LogP contribution in [0.4, 0.5) is 0 Å². The molecule has 6 heteroatoms. The fourth-order valence-corrected chi connectivity index (χ4v) is 3.29. The van der Waals surface area contributed by atoms with E-state index in [0.29, 0.717) is 6.61 Å². The second-order valence-electron chi connectivity index (χ2n) is 6.82. The molecule has 0 unspecified atom stereocenters. The summed E-state index contributed by atoms with van der Waals surface area (Å²) in [6.45, 7) is 4.50. The van der Waals surface area contributed by atoms with Gasteiger partial charge in [-0.3, -0.25) is 0 Å². The first-order valence-corrected chi connectivity index (χ1v) is 9.55. The van der Waals surface area contributed by atoms with Crippen molar-refractivity contribution in [3.8, 4) is 28.7 Å². The van der Waals surface area contributed by atoms with Gasteiger partial charge in [-0.1, -0.05) is 13.3 Å². The molecule has 142 valence electrons. The van der Waals surface area contributed by atoms with Crippen molar-refractivity contribution in [1.82, 2.24) is 14.8 Å². The summed E-state index contributed by atoms with van der Waals surface area (Å²) in [6.07, 6.45) is 3.14. The quantitative estimate of drug-likeness (QED) is 0.614. The van der Waals surface area contributed by atoms with Crippen molar-refractivity contribution in [2.75, 3.05) is 20.3 Å². The molecule has 1 saturated heterocycles. The number of furan rings is 1. The van der Waals surface area contributed by atoms with Gasteiger partial charge in [0.25, 0.3) is 0 Å². The molecule has 1 aliphatic heterocycles. The molecule has 1 aliphatic rings. The molecule has 0 bridgehead atoms. The van der Waals surface area contributed by atoms with Crippen LogP contribution < -0.4 is 4.74 Å². The van der Waals surface area contributed by atoms with Crippen molar-refractivity contribution in [3.05, 3.63) is 42.2 Å². The van der Waals surface area contributed by atoms with E-state index in [1.54, 1.807) is 7.11 Å². The minimum atomic E-state index is 0.280. The normalized spacial score (nSPS) is 16.7. The number of hydrogen-bond donors (Lipinski definition) is 0. The van der Waals surface area contributed by atoms with Gasteiger partial charge < -0.3 is 13.9 Å². The lowest BCUT2D eigenvalue weighted by molar-refractivity contribution is 0.193. The highest BCUT2D eigenvalue weighted by Gasteiger charge is 2.25. The summed E-state index contributed by atoms with van der Waals surface area (Å²) in [4.78, 5) is 4.81. The van der Waals surface area contributed by atoms with E-state index >= 15 is 0 Å². The molecule has 1 fully saturated rings. The first kappa shape index (κ1) is 17.8. The third-order valence-corrected chi connectivity index (χ3v) is 4.91. The predicted octanol–water partition coefficient (Wildman–Crippen LogP) is 4.52. The lowest BCUT2D eigenvalue weighted by Gasteiger charge is -2.03. The Morgan fingerprint density at radius 3 is 2.67 bits per heavy atom. The summed E-state index contributed by atoms with van der Waals surface area (Å²) in [7, 11) is 1.66. The first-order valence-electron chi connectivity index (χ1n) is 9.55. The van der Waals surface area contributed by atoms with E-state index in [0.717, 1.165) is 66.9 Å². The number of unbranched alkanes of at least 4 members (excludes halogenated alkanes) is 1. The SMILES string of the molecule is CCCCn1nc([C@H]2CCOC2)nc1-c1ccc(-c2ccc(OC)cc2)o1. The number of methoxy groups -OCH3 is 1. The molecular formula is C21H25N3O3. The zero-order valence-corrected chi connectivity index (χ0v) is 15.9. The molecular weight excluding hydrogens is 342 g/mol. The number of hydrogen-bond acceptors (Lipinski definition) is 5. The van der Waals surface area contributed by atoms with Gasteiger partial charge in [-0.2, -0.15) is 5.10 Å². The van der Waals surface area contributed by atoms with Crippen LogP contribution in [0.1, 0.15) is 37.9 Å². The van der Waals surface area contributed by atoms with Gasteiger partial charge in [0.05, 0.1) is 13.7 Å². The van der Waals surface area contributed by atoms with Crippen molar-refractivity contribution in [1.29, 1.82) is 0 Å². The van der Waals surface area contributed by atoms with Crippen molar-refractivity contribution >= 4 is 0 Å². The summed E-state index contributed by atoms with van der Waals surface area (Å²) in [6, 6.07) is 11.8. The van der Waals surface area contributed by atoms with Crippen molar-refractivity contribution in [2.24, 2.45) is 0 Å². The number of aromatic nitrogens is 3. The molecule has 0 N–H and O–H groups in total. The average Bonchev–Trinajstić information content (AvgIpc) is 3.46. The number of nitrogens with zero attached hydrogens (tertiary/aromatic N) is 3. The van der Waals surface area contributed by atoms with Gasteiger partial charge >= 0.3 is 0 Å². The first-order chi connectivity index (χ1) is 13.3. The topological polar surface area (TPSA) is 62.3 Å². The molecule has 0 radical (unpaired) electrons. The average molecular weight is 367 g/mol. The second kappa shape index (κ2) is 7.96. The maximum Gasteiger partial charge on any atom is 0.194 e. The van der Waals surface area contributed by atoms with E-state index < -0.39 is 0 Å². The molecule has 27 heavy (non-hydrogen) atoms. The molecule has 0 spiro atoms. The number of ether oxygens (including phenoxy) is 2. The van der Waals surface area contributed by atoms with Crippen LogP contribution in [0.2, 0.25) is 0 Å². The zero-order chi connectivity index (χ0) is 18.6. The van der Waals surface area contributed by atoms with Gasteiger partial charge in [-0.05, 0) is 49.2 Å². The fourth-order valence-electron chi connectivity index (χ4n) is 3.29. The van der Waals surface area contributed by atoms with Gasteiger partial charge in [0.15, 0.2) is 17.4 Å². The highest BCUT2D eigenvalue weighted by Crippen LogP contribution is 2.31. The third kappa shape index (κ3) is 3.76. The largest absolute Gasteiger partial charge is 0.497 e. The summed E-state index contributed by atoms with van der Waals surface area (Å²) in [5, 5.41) is 4.76. The Morgan fingerprint density at radius 1 is 1.15 bits per heavy atom. The van der Waals surface area contributed by atoms with Gasteiger partial charge in [0, 0.05) is 24.6 Å². The van der Waals surface area contributed by atoms with E-state index in [1.165, 1.54) is 0 Å². The number of aryl methyl sites for hydroxylation is 1. The van der Waals surface area contributed by atoms with Crippen LogP contribution in [0.25, 0.3) is 22.9 Å². The molecule has 1 atom stereocenters. The smallest absolute Gasteiger partial charge is 0.194 e. The van der Waals surface area contributed by atoms with Crippen molar-refractivity contribution in [2.45, 2.75) is 38.6 Å². The van der Waals surface area contributed by atoms with Gasteiger partial charge in [-0.25, -0.2) is 9.67 Å². The summed E-state index contributed by atoms with van der Waals surface area (Å²) >= 11 is 0. The Bertz CT molecular complexity index is 876. The Balaban J connectivity index is 1.64. The number of rotatable bonds is 7. The van der Waals surface area contributed by atoms with E-state index in [1.807, 2.05) is 41.1 Å². The Hall–Kier alpha value is -2.60.